The average Bonchev–Trinajstić information content (AvgIpc) is 2.28. The molecule has 2 rings (SSSR count). The topological polar surface area (TPSA) is 56.5 Å². The van der Waals surface area contributed by atoms with Gasteiger partial charge < -0.3 is 9.15 Å². The van der Waals surface area contributed by atoms with Crippen molar-refractivity contribution in [1.82, 2.24) is 0 Å². The van der Waals surface area contributed by atoms with Crippen molar-refractivity contribution in [2.75, 3.05) is 7.11 Å². The molecule has 0 aliphatic heterocycles. The Morgan fingerprint density at radius 3 is 2.87 bits per heavy atom. The minimum absolute atomic E-state index is 0.179. The van der Waals surface area contributed by atoms with Crippen LogP contribution in [0.15, 0.2) is 39.7 Å². The number of rotatable bonds is 1. The molecule has 4 nitrogen and oxygen atoms in total. The third-order valence-corrected chi connectivity index (χ3v) is 2.08. The molecule has 0 unspecified atom stereocenters. The maximum atomic E-state index is 11.4. The SMILES string of the molecule is COC(=O)c1ccc2occc(=O)c2c1. The van der Waals surface area contributed by atoms with Crippen molar-refractivity contribution in [2.24, 2.45) is 0 Å². The van der Waals surface area contributed by atoms with Gasteiger partial charge in [0.2, 0.25) is 0 Å². The van der Waals surface area contributed by atoms with Crippen molar-refractivity contribution in [3.63, 3.8) is 0 Å². The van der Waals surface area contributed by atoms with E-state index < -0.39 is 5.97 Å². The van der Waals surface area contributed by atoms with E-state index >= 15 is 0 Å². The van der Waals surface area contributed by atoms with Gasteiger partial charge >= 0.3 is 5.97 Å². The van der Waals surface area contributed by atoms with E-state index in [4.69, 9.17) is 4.42 Å². The maximum absolute atomic E-state index is 11.4. The van der Waals surface area contributed by atoms with Crippen molar-refractivity contribution in [3.8, 4) is 0 Å². The first-order valence-corrected chi connectivity index (χ1v) is 4.32. The summed E-state index contributed by atoms with van der Waals surface area (Å²) >= 11 is 0. The first-order chi connectivity index (χ1) is 7.22. The molecule has 0 atom stereocenters. The molecule has 1 aromatic carbocycles. The molecule has 0 amide bonds. The first-order valence-electron chi connectivity index (χ1n) is 4.32. The summed E-state index contributed by atoms with van der Waals surface area (Å²) < 4.78 is 9.66. The Hall–Kier alpha value is -2.10. The van der Waals surface area contributed by atoms with Gasteiger partial charge in [-0.25, -0.2) is 4.79 Å². The molecule has 0 radical (unpaired) electrons. The lowest BCUT2D eigenvalue weighted by Gasteiger charge is -2.00. The molecule has 15 heavy (non-hydrogen) atoms. The van der Waals surface area contributed by atoms with E-state index in [0.717, 1.165) is 0 Å². The van der Waals surface area contributed by atoms with Gasteiger partial charge in [-0.05, 0) is 18.2 Å². The lowest BCUT2D eigenvalue weighted by molar-refractivity contribution is 0.0601. The van der Waals surface area contributed by atoms with Crippen molar-refractivity contribution in [1.29, 1.82) is 0 Å². The number of hydrogen-bond acceptors (Lipinski definition) is 4. The summed E-state index contributed by atoms with van der Waals surface area (Å²) in [6.45, 7) is 0. The van der Waals surface area contributed by atoms with Crippen molar-refractivity contribution in [2.45, 2.75) is 0 Å². The van der Waals surface area contributed by atoms with Gasteiger partial charge in [0.05, 0.1) is 24.3 Å². The fourth-order valence-corrected chi connectivity index (χ4v) is 1.33. The van der Waals surface area contributed by atoms with Gasteiger partial charge in [0, 0.05) is 6.07 Å². The highest BCUT2D eigenvalue weighted by atomic mass is 16.5. The number of ether oxygens (including phenoxy) is 1. The highest BCUT2D eigenvalue weighted by molar-refractivity contribution is 5.93. The van der Waals surface area contributed by atoms with Crippen LogP contribution in [-0.2, 0) is 4.74 Å². The summed E-state index contributed by atoms with van der Waals surface area (Å²) in [4.78, 5) is 22.6. The van der Waals surface area contributed by atoms with Gasteiger partial charge in [0.1, 0.15) is 5.58 Å². The number of carbonyl (C=O) groups excluding carboxylic acids is 1. The molecule has 1 aromatic heterocycles. The van der Waals surface area contributed by atoms with E-state index in [0.29, 0.717) is 16.5 Å². The quantitative estimate of drug-likeness (QED) is 0.662. The summed E-state index contributed by atoms with van der Waals surface area (Å²) in [5, 5.41) is 0.375. The van der Waals surface area contributed by atoms with Crippen molar-refractivity contribution in [3.05, 3.63) is 46.3 Å². The molecule has 0 saturated heterocycles. The van der Waals surface area contributed by atoms with Gasteiger partial charge in [-0.15, -0.1) is 0 Å². The van der Waals surface area contributed by atoms with Crippen molar-refractivity contribution < 1.29 is 13.9 Å². The summed E-state index contributed by atoms with van der Waals surface area (Å²) in [5.41, 5.74) is 0.612. The van der Waals surface area contributed by atoms with Gasteiger partial charge in [-0.2, -0.15) is 0 Å². The van der Waals surface area contributed by atoms with Gasteiger partial charge in [-0.3, -0.25) is 4.79 Å². The van der Waals surface area contributed by atoms with Crippen LogP contribution in [0.2, 0.25) is 0 Å². The zero-order chi connectivity index (χ0) is 10.8. The number of methoxy groups -OCH3 is 1. The lowest BCUT2D eigenvalue weighted by atomic mass is 10.1. The van der Waals surface area contributed by atoms with E-state index in [1.807, 2.05) is 0 Å². The van der Waals surface area contributed by atoms with E-state index in [2.05, 4.69) is 4.74 Å². The largest absolute Gasteiger partial charge is 0.465 e. The van der Waals surface area contributed by atoms with E-state index in [-0.39, 0.29) is 5.43 Å². The summed E-state index contributed by atoms with van der Waals surface area (Å²) in [6, 6.07) is 5.90. The normalized spacial score (nSPS) is 10.2. The summed E-state index contributed by atoms with van der Waals surface area (Å²) in [7, 11) is 1.29. The Morgan fingerprint density at radius 2 is 2.13 bits per heavy atom. The number of esters is 1. The molecule has 0 N–H and O–H groups in total. The molecule has 2 aromatic rings. The Morgan fingerprint density at radius 1 is 1.33 bits per heavy atom. The van der Waals surface area contributed by atoms with Gasteiger partial charge in [0.15, 0.2) is 5.43 Å². The number of carbonyl (C=O) groups is 1. The minimum atomic E-state index is -0.472. The molecule has 76 valence electrons. The molecule has 0 aliphatic carbocycles. The molecule has 0 fully saturated rings. The standard InChI is InChI=1S/C11H8O4/c1-14-11(13)7-2-3-10-8(6-7)9(12)4-5-15-10/h2-6H,1H3. The van der Waals surface area contributed by atoms with Crippen LogP contribution in [0, 0.1) is 0 Å². The van der Waals surface area contributed by atoms with E-state index in [9.17, 15) is 9.59 Å². The van der Waals surface area contributed by atoms with Crippen LogP contribution in [0.5, 0.6) is 0 Å². The fraction of sp³-hybridized carbons (Fsp3) is 0.0909. The highest BCUT2D eigenvalue weighted by Crippen LogP contribution is 2.12. The third-order valence-electron chi connectivity index (χ3n) is 2.08. The zero-order valence-electron chi connectivity index (χ0n) is 8.02. The number of fused-ring (bicyclic) bond motifs is 1. The predicted molar refractivity (Wildman–Crippen MR) is 53.8 cm³/mol. The smallest absolute Gasteiger partial charge is 0.337 e. The zero-order valence-corrected chi connectivity index (χ0v) is 8.02. The first kappa shape index (κ1) is 9.45. The monoisotopic (exact) mass is 204 g/mol. The second-order valence-electron chi connectivity index (χ2n) is 2.99. The molecular formula is C11H8O4. The Balaban J connectivity index is 2.70. The van der Waals surface area contributed by atoms with Crippen LogP contribution < -0.4 is 5.43 Å². The van der Waals surface area contributed by atoms with Crippen LogP contribution in [-0.4, -0.2) is 13.1 Å². The molecule has 1 heterocycles. The second kappa shape index (κ2) is 3.57. The van der Waals surface area contributed by atoms with Gasteiger partial charge in [0.25, 0.3) is 0 Å². The number of hydrogen-bond donors (Lipinski definition) is 0. The number of benzene rings is 1. The molecule has 0 spiro atoms. The molecule has 0 bridgehead atoms. The molecule has 0 aliphatic rings. The van der Waals surface area contributed by atoms with Crippen LogP contribution >= 0.6 is 0 Å². The summed E-state index contributed by atoms with van der Waals surface area (Å²) in [6.07, 6.45) is 1.32. The third kappa shape index (κ3) is 1.61. The minimum Gasteiger partial charge on any atom is -0.465 e. The molecule has 4 heteroatoms. The van der Waals surface area contributed by atoms with E-state index in [1.54, 1.807) is 12.1 Å². The van der Waals surface area contributed by atoms with Crippen LogP contribution in [0.1, 0.15) is 10.4 Å². The van der Waals surface area contributed by atoms with Crippen molar-refractivity contribution >= 4 is 16.9 Å². The molecule has 0 saturated carbocycles. The van der Waals surface area contributed by atoms with E-state index in [1.165, 1.54) is 25.5 Å². The molecular weight excluding hydrogens is 196 g/mol. The Kier molecular flexibility index (Phi) is 2.25. The second-order valence-corrected chi connectivity index (χ2v) is 2.99. The summed E-state index contributed by atoms with van der Waals surface area (Å²) in [5.74, 6) is -0.472. The van der Waals surface area contributed by atoms with Crippen LogP contribution in [0.3, 0.4) is 0 Å². The fourth-order valence-electron chi connectivity index (χ4n) is 1.33. The predicted octanol–water partition coefficient (Wildman–Crippen LogP) is 1.58. The Labute approximate surface area is 85.1 Å². The lowest BCUT2D eigenvalue weighted by Crippen LogP contribution is -2.04. The Bertz CT molecular complexity index is 568. The maximum Gasteiger partial charge on any atom is 0.337 e. The highest BCUT2D eigenvalue weighted by Gasteiger charge is 2.07. The average molecular weight is 204 g/mol. The van der Waals surface area contributed by atoms with Crippen LogP contribution in [0.25, 0.3) is 11.0 Å². The van der Waals surface area contributed by atoms with Crippen LogP contribution in [0.4, 0.5) is 0 Å². The van der Waals surface area contributed by atoms with Gasteiger partial charge in [-0.1, -0.05) is 0 Å².